The van der Waals surface area contributed by atoms with E-state index in [2.05, 4.69) is 4.98 Å². The van der Waals surface area contributed by atoms with E-state index >= 15 is 0 Å². The second-order valence-electron chi connectivity index (χ2n) is 5.40. The van der Waals surface area contributed by atoms with Crippen LogP contribution in [-0.4, -0.2) is 4.98 Å². The molecular weight excluding hydrogens is 352 g/mol. The maximum atomic E-state index is 13.6. The van der Waals surface area contributed by atoms with Crippen LogP contribution in [0.5, 0.6) is 5.88 Å². The van der Waals surface area contributed by atoms with Gasteiger partial charge in [-0.25, -0.2) is 4.39 Å². The number of nitriles is 1. The number of rotatable bonds is 3. The molecule has 0 saturated heterocycles. The van der Waals surface area contributed by atoms with Gasteiger partial charge >= 0.3 is 6.18 Å². The Bertz CT molecular complexity index is 1080. The van der Waals surface area contributed by atoms with Gasteiger partial charge in [0.05, 0.1) is 5.56 Å². The number of H-pyrrole nitrogens is 1. The maximum absolute atomic E-state index is 13.6. The molecule has 3 rings (SSSR count). The summed E-state index contributed by atoms with van der Waals surface area (Å²) in [5.41, 5.74) is -2.02. The van der Waals surface area contributed by atoms with Gasteiger partial charge in [-0.3, -0.25) is 9.78 Å². The van der Waals surface area contributed by atoms with Crippen LogP contribution < -0.4 is 10.3 Å². The second kappa shape index (κ2) is 6.52. The zero-order valence-electron chi connectivity index (χ0n) is 13.0. The molecule has 3 aromatic rings. The standard InChI is InChI=1S/C18H10F4N2O2/c19-11-5-6-12-13(7-11)17(24-16(25)14(12)8-23)26-9-10-3-1-2-4-15(10)18(20,21)22/h1-7H,9H2,(H,24,25). The van der Waals surface area contributed by atoms with Crippen molar-refractivity contribution in [1.29, 1.82) is 5.26 Å². The number of halogens is 4. The van der Waals surface area contributed by atoms with Crippen molar-refractivity contribution in [3.8, 4) is 11.9 Å². The number of aromatic nitrogens is 1. The van der Waals surface area contributed by atoms with Crippen molar-refractivity contribution < 1.29 is 22.3 Å². The van der Waals surface area contributed by atoms with Gasteiger partial charge in [0.15, 0.2) is 0 Å². The molecule has 1 N–H and O–H groups in total. The van der Waals surface area contributed by atoms with E-state index in [-0.39, 0.29) is 27.8 Å². The quantitative estimate of drug-likeness (QED) is 0.713. The Morgan fingerprint density at radius 1 is 1.12 bits per heavy atom. The number of nitrogens with one attached hydrogen (secondary N) is 1. The smallest absolute Gasteiger partial charge is 0.416 e. The van der Waals surface area contributed by atoms with Crippen molar-refractivity contribution in [3.63, 3.8) is 0 Å². The summed E-state index contributed by atoms with van der Waals surface area (Å²) in [6.45, 7) is -0.497. The highest BCUT2D eigenvalue weighted by atomic mass is 19.4. The van der Waals surface area contributed by atoms with E-state index in [1.165, 1.54) is 24.3 Å². The predicted molar refractivity (Wildman–Crippen MR) is 85.0 cm³/mol. The highest BCUT2D eigenvalue weighted by Crippen LogP contribution is 2.33. The molecule has 0 atom stereocenters. The Kier molecular flexibility index (Phi) is 4.38. The molecular formula is C18H10F4N2O2. The fraction of sp³-hybridized carbons (Fsp3) is 0.111. The minimum absolute atomic E-state index is 0.0886. The summed E-state index contributed by atoms with van der Waals surface area (Å²) in [6, 6.07) is 9.91. The summed E-state index contributed by atoms with van der Waals surface area (Å²) in [5.74, 6) is -0.852. The Hall–Kier alpha value is -3.34. The monoisotopic (exact) mass is 362 g/mol. The van der Waals surface area contributed by atoms with Crippen LogP contribution in [0, 0.1) is 17.1 Å². The molecule has 1 heterocycles. The van der Waals surface area contributed by atoms with Crippen molar-refractivity contribution in [2.45, 2.75) is 12.8 Å². The number of pyridine rings is 1. The highest BCUT2D eigenvalue weighted by Gasteiger charge is 2.33. The van der Waals surface area contributed by atoms with E-state index in [1.807, 2.05) is 0 Å². The van der Waals surface area contributed by atoms with Crippen molar-refractivity contribution in [2.24, 2.45) is 0 Å². The van der Waals surface area contributed by atoms with E-state index in [0.717, 1.165) is 18.2 Å². The number of benzene rings is 2. The summed E-state index contributed by atoms with van der Waals surface area (Å²) >= 11 is 0. The van der Waals surface area contributed by atoms with Gasteiger partial charge in [0, 0.05) is 16.3 Å². The van der Waals surface area contributed by atoms with E-state index < -0.39 is 29.7 Å². The molecule has 2 aromatic carbocycles. The summed E-state index contributed by atoms with van der Waals surface area (Å²) < 4.78 is 58.0. The fourth-order valence-electron chi connectivity index (χ4n) is 2.58. The molecule has 0 aliphatic carbocycles. The third-order valence-corrected chi connectivity index (χ3v) is 3.76. The third-order valence-electron chi connectivity index (χ3n) is 3.76. The van der Waals surface area contributed by atoms with E-state index in [4.69, 9.17) is 10.00 Å². The first-order valence-electron chi connectivity index (χ1n) is 7.35. The highest BCUT2D eigenvalue weighted by molar-refractivity contribution is 5.91. The average molecular weight is 362 g/mol. The molecule has 0 fully saturated rings. The number of nitrogens with zero attached hydrogens (tertiary/aromatic N) is 1. The molecule has 0 aliphatic heterocycles. The number of alkyl halides is 3. The first-order chi connectivity index (χ1) is 12.3. The molecule has 0 saturated carbocycles. The van der Waals surface area contributed by atoms with Crippen LogP contribution in [0.15, 0.2) is 47.3 Å². The largest absolute Gasteiger partial charge is 0.474 e. The topological polar surface area (TPSA) is 65.9 Å². The van der Waals surface area contributed by atoms with Gasteiger partial charge in [-0.05, 0) is 24.3 Å². The van der Waals surface area contributed by atoms with Gasteiger partial charge in [0.1, 0.15) is 24.1 Å². The number of aromatic amines is 1. The number of fused-ring (bicyclic) bond motifs is 1. The zero-order valence-corrected chi connectivity index (χ0v) is 13.0. The van der Waals surface area contributed by atoms with Crippen LogP contribution in [0.2, 0.25) is 0 Å². The van der Waals surface area contributed by atoms with Gasteiger partial charge in [0.25, 0.3) is 5.56 Å². The van der Waals surface area contributed by atoms with E-state index in [9.17, 15) is 22.4 Å². The zero-order chi connectivity index (χ0) is 18.9. The Morgan fingerprint density at radius 2 is 1.85 bits per heavy atom. The lowest BCUT2D eigenvalue weighted by molar-refractivity contribution is -0.138. The molecule has 1 aromatic heterocycles. The summed E-state index contributed by atoms with van der Waals surface area (Å²) in [4.78, 5) is 14.3. The van der Waals surface area contributed by atoms with Crippen LogP contribution in [-0.2, 0) is 12.8 Å². The van der Waals surface area contributed by atoms with Gasteiger partial charge in [-0.15, -0.1) is 0 Å². The number of hydrogen-bond acceptors (Lipinski definition) is 3. The molecule has 0 bridgehead atoms. The van der Waals surface area contributed by atoms with Gasteiger partial charge in [0.2, 0.25) is 5.88 Å². The molecule has 8 heteroatoms. The molecule has 0 amide bonds. The number of hydrogen-bond donors (Lipinski definition) is 1. The molecule has 132 valence electrons. The number of ether oxygens (including phenoxy) is 1. The molecule has 0 aliphatic rings. The van der Waals surface area contributed by atoms with E-state index in [0.29, 0.717) is 0 Å². The molecule has 0 spiro atoms. The summed E-state index contributed by atoms with van der Waals surface area (Å²) in [5, 5.41) is 9.32. The average Bonchev–Trinajstić information content (AvgIpc) is 2.59. The maximum Gasteiger partial charge on any atom is 0.416 e. The summed E-state index contributed by atoms with van der Waals surface area (Å²) in [6.07, 6.45) is -4.56. The Balaban J connectivity index is 2.05. The first-order valence-corrected chi connectivity index (χ1v) is 7.35. The molecule has 26 heavy (non-hydrogen) atoms. The van der Waals surface area contributed by atoms with Crippen molar-refractivity contribution in [1.82, 2.24) is 4.98 Å². The van der Waals surface area contributed by atoms with E-state index in [1.54, 1.807) is 6.07 Å². The van der Waals surface area contributed by atoms with Gasteiger partial charge in [-0.2, -0.15) is 18.4 Å². The minimum atomic E-state index is -4.56. The van der Waals surface area contributed by atoms with Gasteiger partial charge < -0.3 is 4.74 Å². The SMILES string of the molecule is N#Cc1c(=O)[nH]c(OCc2ccccc2C(F)(F)F)c2cc(F)ccc12. The second-order valence-corrected chi connectivity index (χ2v) is 5.40. The first kappa shape index (κ1) is 17.5. The van der Waals surface area contributed by atoms with Crippen LogP contribution >= 0.6 is 0 Å². The lowest BCUT2D eigenvalue weighted by Crippen LogP contribution is -2.14. The Labute approximate surface area is 144 Å². The minimum Gasteiger partial charge on any atom is -0.474 e. The van der Waals surface area contributed by atoms with Crippen molar-refractivity contribution in [3.05, 3.63) is 75.3 Å². The van der Waals surface area contributed by atoms with Crippen LogP contribution in [0.4, 0.5) is 17.6 Å². The lowest BCUT2D eigenvalue weighted by Gasteiger charge is -2.14. The van der Waals surface area contributed by atoms with Gasteiger partial charge in [-0.1, -0.05) is 18.2 Å². The predicted octanol–water partition coefficient (Wildman–Crippen LogP) is 4.14. The molecule has 4 nitrogen and oxygen atoms in total. The normalized spacial score (nSPS) is 11.3. The van der Waals surface area contributed by atoms with Crippen LogP contribution in [0.25, 0.3) is 10.8 Å². The van der Waals surface area contributed by atoms with Crippen LogP contribution in [0.3, 0.4) is 0 Å². The lowest BCUT2D eigenvalue weighted by atomic mass is 10.1. The van der Waals surface area contributed by atoms with Crippen molar-refractivity contribution >= 4 is 10.8 Å². The fourth-order valence-corrected chi connectivity index (χ4v) is 2.58. The third kappa shape index (κ3) is 3.24. The molecule has 0 radical (unpaired) electrons. The van der Waals surface area contributed by atoms with Crippen molar-refractivity contribution in [2.75, 3.05) is 0 Å². The summed E-state index contributed by atoms with van der Waals surface area (Å²) in [7, 11) is 0. The Morgan fingerprint density at radius 3 is 2.54 bits per heavy atom. The van der Waals surface area contributed by atoms with Crippen LogP contribution in [0.1, 0.15) is 16.7 Å². The molecule has 0 unspecified atom stereocenters.